The maximum atomic E-state index is 12.4. The van der Waals surface area contributed by atoms with Crippen LogP contribution in [0.2, 0.25) is 0 Å². The van der Waals surface area contributed by atoms with Crippen molar-refractivity contribution in [3.8, 4) is 11.5 Å². The van der Waals surface area contributed by atoms with Crippen molar-refractivity contribution in [2.75, 3.05) is 19.0 Å². The fourth-order valence-electron chi connectivity index (χ4n) is 3.12. The molecule has 1 aliphatic rings. The van der Waals surface area contributed by atoms with E-state index in [1.165, 1.54) is 11.8 Å². The third-order valence-electron chi connectivity index (χ3n) is 5.02. The lowest BCUT2D eigenvalue weighted by Gasteiger charge is -2.21. The van der Waals surface area contributed by atoms with Crippen LogP contribution in [0.15, 0.2) is 23.4 Å². The van der Waals surface area contributed by atoms with Gasteiger partial charge in [0, 0.05) is 11.4 Å². The van der Waals surface area contributed by atoms with Crippen LogP contribution in [-0.2, 0) is 4.79 Å². The van der Waals surface area contributed by atoms with Crippen molar-refractivity contribution >= 4 is 23.4 Å². The summed E-state index contributed by atoms with van der Waals surface area (Å²) in [6, 6.07) is 5.58. The van der Waals surface area contributed by atoms with Gasteiger partial charge in [-0.15, -0.1) is 5.10 Å². The first-order chi connectivity index (χ1) is 13.9. The number of aromatic nitrogens is 4. The third kappa shape index (κ3) is 4.00. The molecule has 0 spiro atoms. The number of amides is 1. The summed E-state index contributed by atoms with van der Waals surface area (Å²) in [6.07, 6.45) is 0. The maximum Gasteiger partial charge on any atom is 0.253 e. The Morgan fingerprint density at radius 2 is 1.97 bits per heavy atom. The van der Waals surface area contributed by atoms with Crippen molar-refractivity contribution < 1.29 is 14.3 Å². The highest BCUT2D eigenvalue weighted by molar-refractivity contribution is 7.99. The molecule has 152 valence electrons. The van der Waals surface area contributed by atoms with Gasteiger partial charge in [-0.2, -0.15) is 4.98 Å². The molecule has 0 fully saturated rings. The lowest BCUT2D eigenvalue weighted by atomic mass is 10.1. The Bertz CT molecular complexity index is 1080. The van der Waals surface area contributed by atoms with Gasteiger partial charge in [0.15, 0.2) is 11.5 Å². The van der Waals surface area contributed by atoms with Crippen LogP contribution >= 0.6 is 11.8 Å². The summed E-state index contributed by atoms with van der Waals surface area (Å²) in [5.74, 6) is 2.14. The molecule has 1 N–H and O–H groups in total. The molecule has 3 heterocycles. The van der Waals surface area contributed by atoms with E-state index < -0.39 is 0 Å². The predicted molar refractivity (Wildman–Crippen MR) is 110 cm³/mol. The zero-order valence-corrected chi connectivity index (χ0v) is 17.7. The fourth-order valence-corrected chi connectivity index (χ4v) is 3.75. The summed E-state index contributed by atoms with van der Waals surface area (Å²) in [5.41, 5.74) is 3.99. The van der Waals surface area contributed by atoms with Crippen molar-refractivity contribution in [1.82, 2.24) is 24.9 Å². The number of ether oxygens (including phenoxy) is 2. The van der Waals surface area contributed by atoms with Crippen molar-refractivity contribution in [1.29, 1.82) is 0 Å². The van der Waals surface area contributed by atoms with Crippen molar-refractivity contribution in [2.24, 2.45) is 0 Å². The van der Waals surface area contributed by atoms with Gasteiger partial charge in [0.2, 0.25) is 11.1 Å². The molecule has 1 unspecified atom stereocenters. The van der Waals surface area contributed by atoms with Gasteiger partial charge in [0.1, 0.15) is 13.2 Å². The van der Waals surface area contributed by atoms with Gasteiger partial charge >= 0.3 is 0 Å². The van der Waals surface area contributed by atoms with Crippen LogP contribution < -0.4 is 14.8 Å². The minimum Gasteiger partial charge on any atom is -0.486 e. The van der Waals surface area contributed by atoms with Gasteiger partial charge in [-0.05, 0) is 51.0 Å². The summed E-state index contributed by atoms with van der Waals surface area (Å²) in [5, 5.41) is 8.00. The van der Waals surface area contributed by atoms with Crippen LogP contribution in [0.3, 0.4) is 0 Å². The lowest BCUT2D eigenvalue weighted by molar-refractivity contribution is -0.119. The molecular weight excluding hydrogens is 390 g/mol. The van der Waals surface area contributed by atoms with Gasteiger partial charge < -0.3 is 14.8 Å². The number of carbonyl (C=O) groups excluding carboxylic acids is 1. The molecule has 2 aromatic heterocycles. The number of nitrogens with one attached hydrogen (secondary N) is 1. The normalized spacial score (nSPS) is 14.1. The number of carbonyl (C=O) groups is 1. The van der Waals surface area contributed by atoms with E-state index in [2.05, 4.69) is 20.4 Å². The van der Waals surface area contributed by atoms with Gasteiger partial charge in [0.05, 0.1) is 11.8 Å². The highest BCUT2D eigenvalue weighted by Gasteiger charge is 2.17. The average Bonchev–Trinajstić information content (AvgIpc) is 3.13. The van der Waals surface area contributed by atoms with Crippen LogP contribution in [0.25, 0.3) is 5.78 Å². The smallest absolute Gasteiger partial charge is 0.253 e. The van der Waals surface area contributed by atoms with E-state index in [4.69, 9.17) is 9.47 Å². The Hall–Kier alpha value is -2.81. The lowest BCUT2D eigenvalue weighted by Crippen LogP contribution is -2.28. The number of rotatable bonds is 5. The number of nitrogens with zero attached hydrogens (tertiary/aromatic N) is 4. The molecule has 1 aromatic carbocycles. The Morgan fingerprint density at radius 3 is 2.76 bits per heavy atom. The molecule has 8 nitrogen and oxygen atoms in total. The molecule has 0 saturated heterocycles. The minimum atomic E-state index is -0.151. The molecular formula is C20H23N5O3S. The second-order valence-corrected chi connectivity index (χ2v) is 7.94. The topological polar surface area (TPSA) is 90.6 Å². The van der Waals surface area contributed by atoms with Crippen LogP contribution in [0.1, 0.15) is 35.5 Å². The van der Waals surface area contributed by atoms with Gasteiger partial charge in [-0.1, -0.05) is 17.8 Å². The quantitative estimate of drug-likeness (QED) is 0.643. The van der Waals surface area contributed by atoms with Crippen LogP contribution in [0, 0.1) is 20.8 Å². The molecule has 0 saturated carbocycles. The van der Waals surface area contributed by atoms with Crippen molar-refractivity contribution in [3.05, 3.63) is 40.7 Å². The molecule has 1 atom stereocenters. The second kappa shape index (κ2) is 7.90. The predicted octanol–water partition coefficient (Wildman–Crippen LogP) is 2.79. The zero-order chi connectivity index (χ0) is 20.5. The number of hydrogen-bond acceptors (Lipinski definition) is 7. The summed E-state index contributed by atoms with van der Waals surface area (Å²) < 4.78 is 12.9. The summed E-state index contributed by atoms with van der Waals surface area (Å²) >= 11 is 1.29. The van der Waals surface area contributed by atoms with Gasteiger partial charge in [0.25, 0.3) is 5.78 Å². The third-order valence-corrected chi connectivity index (χ3v) is 5.86. The molecule has 0 aliphatic carbocycles. The fraction of sp³-hybridized carbons (Fsp3) is 0.400. The maximum absolute atomic E-state index is 12.4. The summed E-state index contributed by atoms with van der Waals surface area (Å²) in [4.78, 5) is 21.3. The number of thioether (sulfide) groups is 1. The first-order valence-corrected chi connectivity index (χ1v) is 10.4. The largest absolute Gasteiger partial charge is 0.486 e. The van der Waals surface area contributed by atoms with E-state index >= 15 is 0 Å². The van der Waals surface area contributed by atoms with Crippen LogP contribution in [-0.4, -0.2) is 44.5 Å². The molecule has 0 bridgehead atoms. The average molecular weight is 414 g/mol. The number of hydrogen-bond donors (Lipinski definition) is 1. The molecule has 9 heteroatoms. The molecule has 1 amide bonds. The first kappa shape index (κ1) is 19.5. The molecule has 4 rings (SSSR count). The Morgan fingerprint density at radius 1 is 1.21 bits per heavy atom. The monoisotopic (exact) mass is 413 g/mol. The van der Waals surface area contributed by atoms with E-state index in [0.29, 0.717) is 29.9 Å². The van der Waals surface area contributed by atoms with Crippen LogP contribution in [0.5, 0.6) is 11.5 Å². The van der Waals surface area contributed by atoms with E-state index in [1.807, 2.05) is 45.9 Å². The highest BCUT2D eigenvalue weighted by atomic mass is 32.2. The van der Waals surface area contributed by atoms with Gasteiger partial charge in [-0.3, -0.25) is 4.79 Å². The molecule has 3 aromatic rings. The van der Waals surface area contributed by atoms with Crippen LogP contribution in [0.4, 0.5) is 0 Å². The number of benzene rings is 1. The summed E-state index contributed by atoms with van der Waals surface area (Å²) in [7, 11) is 0. The second-order valence-electron chi connectivity index (χ2n) is 6.99. The molecule has 0 radical (unpaired) electrons. The molecule has 1 aliphatic heterocycles. The zero-order valence-electron chi connectivity index (χ0n) is 16.9. The highest BCUT2D eigenvalue weighted by Crippen LogP contribution is 2.32. The SMILES string of the molecule is Cc1nc2nc(SCC(=O)NC(C)c3ccc4c(c3)OCCO4)nn2c(C)c1C. The van der Waals surface area contributed by atoms with Gasteiger partial charge in [-0.25, -0.2) is 9.50 Å². The molecule has 29 heavy (non-hydrogen) atoms. The Labute approximate surface area is 173 Å². The van der Waals surface area contributed by atoms with E-state index in [-0.39, 0.29) is 17.7 Å². The van der Waals surface area contributed by atoms with Crippen molar-refractivity contribution in [3.63, 3.8) is 0 Å². The first-order valence-electron chi connectivity index (χ1n) is 9.44. The summed E-state index contributed by atoms with van der Waals surface area (Å²) in [6.45, 7) is 8.99. The van der Waals surface area contributed by atoms with E-state index in [0.717, 1.165) is 28.3 Å². The minimum absolute atomic E-state index is 0.0895. The van der Waals surface area contributed by atoms with E-state index in [1.54, 1.807) is 4.52 Å². The van der Waals surface area contributed by atoms with Crippen molar-refractivity contribution in [2.45, 2.75) is 38.9 Å². The Balaban J connectivity index is 1.39. The van der Waals surface area contributed by atoms with E-state index in [9.17, 15) is 4.79 Å². The standard InChI is InChI=1S/C20H23N5O3S/c1-11-12(2)22-19-23-20(24-25(19)14(11)4)29-10-18(26)21-13(3)15-5-6-16-17(9-15)28-8-7-27-16/h5-6,9,13H,7-8,10H2,1-4H3,(H,21,26). The number of aryl methyl sites for hydroxylation is 2. The Kier molecular flexibility index (Phi) is 5.31. The number of fused-ring (bicyclic) bond motifs is 2.